The Labute approximate surface area is 186 Å². The van der Waals surface area contributed by atoms with Crippen molar-refractivity contribution >= 4 is 34.4 Å². The molecule has 2 aromatic carbocycles. The van der Waals surface area contributed by atoms with Crippen molar-refractivity contribution in [1.29, 1.82) is 0 Å². The molecule has 2 aliphatic heterocycles. The summed E-state index contributed by atoms with van der Waals surface area (Å²) in [4.78, 5) is 45.6. The van der Waals surface area contributed by atoms with Crippen LogP contribution in [0.3, 0.4) is 0 Å². The van der Waals surface area contributed by atoms with E-state index in [9.17, 15) is 14.4 Å². The molecule has 0 aliphatic carbocycles. The van der Waals surface area contributed by atoms with Crippen LogP contribution in [0.25, 0.3) is 10.9 Å². The number of amides is 4. The average Bonchev–Trinajstić information content (AvgIpc) is 3.26. The van der Waals surface area contributed by atoms with Crippen LogP contribution in [0.2, 0.25) is 0 Å². The highest BCUT2D eigenvalue weighted by Gasteiger charge is 2.58. The third kappa shape index (κ3) is 2.84. The first-order valence-electron chi connectivity index (χ1n) is 11.0. The van der Waals surface area contributed by atoms with Gasteiger partial charge in [-0.3, -0.25) is 9.59 Å². The van der Waals surface area contributed by atoms with Crippen LogP contribution in [0.15, 0.2) is 48.5 Å². The molecule has 4 amide bonds. The lowest BCUT2D eigenvalue weighted by molar-refractivity contribution is -0.125. The average molecular weight is 431 g/mol. The molecule has 164 valence electrons. The molecule has 32 heavy (non-hydrogen) atoms. The SMILES string of the molecule is CC(C)CNC(=O)c1ccc(N2C(=O)N3CCc4c([nH]c5ccccc45)[C@@]3(C)C2=O)cc1. The Hall–Kier alpha value is -3.61. The summed E-state index contributed by atoms with van der Waals surface area (Å²) in [6, 6.07) is 14.3. The topological polar surface area (TPSA) is 85.5 Å². The van der Waals surface area contributed by atoms with Crippen molar-refractivity contribution in [3.8, 4) is 0 Å². The van der Waals surface area contributed by atoms with Crippen molar-refractivity contribution in [3.63, 3.8) is 0 Å². The minimum Gasteiger partial charge on any atom is -0.356 e. The zero-order chi connectivity index (χ0) is 22.6. The van der Waals surface area contributed by atoms with Crippen LogP contribution in [0.5, 0.6) is 0 Å². The Morgan fingerprint density at radius 2 is 1.84 bits per heavy atom. The summed E-state index contributed by atoms with van der Waals surface area (Å²) in [5, 5.41) is 3.97. The number of carbonyl (C=O) groups excluding carboxylic acids is 3. The van der Waals surface area contributed by atoms with E-state index in [1.54, 1.807) is 29.2 Å². The van der Waals surface area contributed by atoms with Crippen molar-refractivity contribution in [3.05, 3.63) is 65.4 Å². The number of rotatable bonds is 4. The maximum atomic E-state index is 13.7. The van der Waals surface area contributed by atoms with Crippen LogP contribution in [0, 0.1) is 5.92 Å². The number of anilines is 1. The first-order chi connectivity index (χ1) is 15.3. The van der Waals surface area contributed by atoms with Gasteiger partial charge in [0.05, 0.1) is 11.4 Å². The van der Waals surface area contributed by atoms with Gasteiger partial charge >= 0.3 is 6.03 Å². The van der Waals surface area contributed by atoms with Crippen LogP contribution in [-0.4, -0.2) is 40.8 Å². The van der Waals surface area contributed by atoms with Gasteiger partial charge in [0.25, 0.3) is 11.8 Å². The van der Waals surface area contributed by atoms with Crippen molar-refractivity contribution in [2.24, 2.45) is 5.92 Å². The number of hydrogen-bond acceptors (Lipinski definition) is 3. The van der Waals surface area contributed by atoms with Gasteiger partial charge < -0.3 is 15.2 Å². The summed E-state index contributed by atoms with van der Waals surface area (Å²) < 4.78 is 0. The summed E-state index contributed by atoms with van der Waals surface area (Å²) in [5.41, 5.74) is 2.73. The molecule has 7 heteroatoms. The van der Waals surface area contributed by atoms with Gasteiger partial charge in [-0.05, 0) is 55.2 Å². The van der Waals surface area contributed by atoms with Gasteiger partial charge in [0.15, 0.2) is 5.54 Å². The zero-order valence-electron chi connectivity index (χ0n) is 18.4. The van der Waals surface area contributed by atoms with Crippen molar-refractivity contribution in [2.75, 3.05) is 18.0 Å². The Morgan fingerprint density at radius 3 is 2.56 bits per heavy atom. The Balaban J connectivity index is 1.48. The number of hydrogen-bond donors (Lipinski definition) is 2. The standard InChI is InChI=1S/C25H26N4O3/c1-15(2)14-26-22(30)16-8-10-17(11-9-16)29-23(31)25(3)21-19(12-13-28(25)24(29)32)18-6-4-5-7-20(18)27-21/h4-11,15,27H,12-14H2,1-3H3,(H,26,30)/t25-/m0/s1. The van der Waals surface area contributed by atoms with Crippen molar-refractivity contribution < 1.29 is 14.4 Å². The number of benzene rings is 2. The fraction of sp³-hybridized carbons (Fsp3) is 0.320. The summed E-state index contributed by atoms with van der Waals surface area (Å²) in [5.74, 6) is -0.103. The van der Waals surface area contributed by atoms with E-state index in [2.05, 4.69) is 10.3 Å². The molecule has 0 spiro atoms. The summed E-state index contributed by atoms with van der Waals surface area (Å²) in [7, 11) is 0. The smallest absolute Gasteiger partial charge is 0.332 e. The fourth-order valence-corrected chi connectivity index (χ4v) is 4.78. The Bertz CT molecular complexity index is 1240. The van der Waals surface area contributed by atoms with Crippen LogP contribution < -0.4 is 10.2 Å². The van der Waals surface area contributed by atoms with Gasteiger partial charge in [-0.2, -0.15) is 0 Å². The molecule has 1 fully saturated rings. The number of urea groups is 1. The molecule has 2 N–H and O–H groups in total. The molecule has 3 heterocycles. The lowest BCUT2D eigenvalue weighted by atomic mass is 9.87. The number of fused-ring (bicyclic) bond motifs is 5. The molecule has 0 radical (unpaired) electrons. The quantitative estimate of drug-likeness (QED) is 0.618. The molecule has 0 unspecified atom stereocenters. The van der Waals surface area contributed by atoms with Gasteiger partial charge in [-0.15, -0.1) is 0 Å². The molecule has 7 nitrogen and oxygen atoms in total. The highest BCUT2D eigenvalue weighted by molar-refractivity contribution is 6.23. The van der Waals surface area contributed by atoms with E-state index >= 15 is 0 Å². The molecule has 2 aliphatic rings. The Kier molecular flexibility index (Phi) is 4.58. The number of aromatic amines is 1. The molecule has 1 atom stereocenters. The lowest BCUT2D eigenvalue weighted by Crippen LogP contribution is -2.49. The first-order valence-corrected chi connectivity index (χ1v) is 11.0. The molecule has 0 bridgehead atoms. The lowest BCUT2D eigenvalue weighted by Gasteiger charge is -2.35. The number of aromatic nitrogens is 1. The van der Waals surface area contributed by atoms with Gasteiger partial charge in [0.1, 0.15) is 0 Å². The van der Waals surface area contributed by atoms with Gasteiger partial charge in [-0.1, -0.05) is 32.0 Å². The monoisotopic (exact) mass is 430 g/mol. The molecule has 0 saturated carbocycles. The summed E-state index contributed by atoms with van der Waals surface area (Å²) in [6.07, 6.45) is 0.691. The zero-order valence-corrected chi connectivity index (χ0v) is 18.4. The van der Waals surface area contributed by atoms with E-state index < -0.39 is 5.54 Å². The summed E-state index contributed by atoms with van der Waals surface area (Å²) >= 11 is 0. The third-order valence-electron chi connectivity index (χ3n) is 6.53. The predicted octanol–water partition coefficient (Wildman–Crippen LogP) is 3.79. The van der Waals surface area contributed by atoms with Gasteiger partial charge in [0.2, 0.25) is 0 Å². The number of H-pyrrole nitrogens is 1. The van der Waals surface area contributed by atoms with E-state index in [-0.39, 0.29) is 17.8 Å². The predicted molar refractivity (Wildman–Crippen MR) is 123 cm³/mol. The molecular weight excluding hydrogens is 404 g/mol. The number of para-hydroxylation sites is 1. The first kappa shape index (κ1) is 20.3. The maximum Gasteiger partial charge on any atom is 0.332 e. The van der Waals surface area contributed by atoms with E-state index in [0.29, 0.717) is 36.7 Å². The highest BCUT2D eigenvalue weighted by atomic mass is 16.2. The van der Waals surface area contributed by atoms with E-state index in [4.69, 9.17) is 0 Å². The number of nitrogens with zero attached hydrogens (tertiary/aromatic N) is 2. The fourth-order valence-electron chi connectivity index (χ4n) is 4.78. The second kappa shape index (κ2) is 7.22. The van der Waals surface area contributed by atoms with E-state index in [1.165, 1.54) is 4.90 Å². The largest absolute Gasteiger partial charge is 0.356 e. The van der Waals surface area contributed by atoms with Crippen molar-refractivity contribution in [2.45, 2.75) is 32.7 Å². The molecule has 1 saturated heterocycles. The number of nitrogens with one attached hydrogen (secondary N) is 2. The minimum absolute atomic E-state index is 0.170. The van der Waals surface area contributed by atoms with E-state index in [1.807, 2.05) is 45.0 Å². The van der Waals surface area contributed by atoms with Gasteiger partial charge in [-0.25, -0.2) is 9.69 Å². The number of imide groups is 1. The van der Waals surface area contributed by atoms with Crippen LogP contribution in [-0.2, 0) is 16.8 Å². The molecular formula is C25H26N4O3. The van der Waals surface area contributed by atoms with Crippen LogP contribution in [0.1, 0.15) is 42.4 Å². The van der Waals surface area contributed by atoms with Gasteiger partial charge in [0, 0.05) is 29.6 Å². The van der Waals surface area contributed by atoms with Crippen LogP contribution in [0.4, 0.5) is 10.5 Å². The molecule has 3 aromatic rings. The maximum absolute atomic E-state index is 13.7. The second-order valence-electron chi connectivity index (χ2n) is 9.07. The van der Waals surface area contributed by atoms with Crippen molar-refractivity contribution in [1.82, 2.24) is 15.2 Å². The second-order valence-corrected chi connectivity index (χ2v) is 9.07. The minimum atomic E-state index is -1.09. The Morgan fingerprint density at radius 1 is 1.12 bits per heavy atom. The highest BCUT2D eigenvalue weighted by Crippen LogP contribution is 2.45. The summed E-state index contributed by atoms with van der Waals surface area (Å²) in [6.45, 7) is 6.93. The molecule has 5 rings (SSSR count). The van der Waals surface area contributed by atoms with E-state index in [0.717, 1.165) is 22.2 Å². The van der Waals surface area contributed by atoms with Crippen LogP contribution >= 0.6 is 0 Å². The third-order valence-corrected chi connectivity index (χ3v) is 6.53. The number of carbonyl (C=O) groups is 3. The normalized spacial score (nSPS) is 20.1. The molecule has 1 aromatic heterocycles.